The minimum atomic E-state index is 0.410. The Kier molecular flexibility index (Phi) is 6.83. The number of hydrogen-bond donors (Lipinski definition) is 0. The summed E-state index contributed by atoms with van der Waals surface area (Å²) in [5.41, 5.74) is 0. The SMILES string of the molecule is CCc1ncc(CCl)o1.CCc1ncc(CCl)o1. The monoisotopic (exact) mass is 290 g/mol. The minimum absolute atomic E-state index is 0.410. The Morgan fingerprint density at radius 3 is 1.44 bits per heavy atom. The highest BCUT2D eigenvalue weighted by atomic mass is 35.5. The molecule has 0 radical (unpaired) electrons. The molecule has 0 aliphatic carbocycles. The molecule has 2 aromatic heterocycles. The van der Waals surface area contributed by atoms with Crippen molar-refractivity contribution in [3.8, 4) is 0 Å². The van der Waals surface area contributed by atoms with Crippen LogP contribution in [0.1, 0.15) is 37.1 Å². The second-order valence-corrected chi connectivity index (χ2v) is 3.95. The number of nitrogens with zero attached hydrogens (tertiary/aromatic N) is 2. The van der Waals surface area contributed by atoms with E-state index >= 15 is 0 Å². The summed E-state index contributed by atoms with van der Waals surface area (Å²) in [4.78, 5) is 7.91. The normalized spacial score (nSPS) is 10.0. The number of halogens is 2. The van der Waals surface area contributed by atoms with E-state index in [0.717, 1.165) is 36.1 Å². The summed E-state index contributed by atoms with van der Waals surface area (Å²) in [6, 6.07) is 0. The van der Waals surface area contributed by atoms with E-state index < -0.39 is 0 Å². The predicted molar refractivity (Wildman–Crippen MR) is 70.9 cm³/mol. The Balaban J connectivity index is 0.000000180. The summed E-state index contributed by atoms with van der Waals surface area (Å²) in [5.74, 6) is 3.82. The van der Waals surface area contributed by atoms with Crippen molar-refractivity contribution in [2.45, 2.75) is 38.4 Å². The number of hydrogen-bond acceptors (Lipinski definition) is 4. The summed E-state index contributed by atoms with van der Waals surface area (Å²) in [5, 5.41) is 0. The molecule has 0 amide bonds. The van der Waals surface area contributed by atoms with Crippen molar-refractivity contribution in [1.82, 2.24) is 9.97 Å². The van der Waals surface area contributed by atoms with Crippen molar-refractivity contribution in [3.05, 3.63) is 35.7 Å². The lowest BCUT2D eigenvalue weighted by Gasteiger charge is -1.83. The smallest absolute Gasteiger partial charge is 0.194 e. The zero-order valence-electron chi connectivity index (χ0n) is 10.4. The number of rotatable bonds is 4. The van der Waals surface area contributed by atoms with E-state index in [9.17, 15) is 0 Å². The first-order valence-electron chi connectivity index (χ1n) is 5.72. The molecule has 0 bridgehead atoms. The molecular formula is C12H16Cl2N2O2. The van der Waals surface area contributed by atoms with Gasteiger partial charge in [-0.2, -0.15) is 0 Å². The Morgan fingerprint density at radius 2 is 1.28 bits per heavy atom. The highest BCUT2D eigenvalue weighted by Crippen LogP contribution is 2.06. The topological polar surface area (TPSA) is 52.1 Å². The molecule has 0 unspecified atom stereocenters. The van der Waals surface area contributed by atoms with Crippen LogP contribution in [0.15, 0.2) is 21.2 Å². The third-order valence-electron chi connectivity index (χ3n) is 2.07. The molecule has 0 N–H and O–H groups in total. The second-order valence-electron chi connectivity index (χ2n) is 3.41. The molecular weight excluding hydrogens is 275 g/mol. The van der Waals surface area contributed by atoms with E-state index in [1.165, 1.54) is 0 Å². The van der Waals surface area contributed by atoms with Crippen molar-refractivity contribution >= 4 is 23.2 Å². The summed E-state index contributed by atoms with van der Waals surface area (Å²) >= 11 is 10.9. The average molecular weight is 291 g/mol. The van der Waals surface area contributed by atoms with Crippen molar-refractivity contribution in [2.75, 3.05) is 0 Å². The third kappa shape index (κ3) is 4.70. The first-order chi connectivity index (χ1) is 8.73. The van der Waals surface area contributed by atoms with Crippen molar-refractivity contribution < 1.29 is 8.83 Å². The van der Waals surface area contributed by atoms with Crippen molar-refractivity contribution in [3.63, 3.8) is 0 Å². The Morgan fingerprint density at radius 1 is 0.889 bits per heavy atom. The van der Waals surface area contributed by atoms with Gasteiger partial charge in [0.25, 0.3) is 0 Å². The van der Waals surface area contributed by atoms with Gasteiger partial charge in [-0.15, -0.1) is 23.2 Å². The van der Waals surface area contributed by atoms with Crippen LogP contribution in [0.25, 0.3) is 0 Å². The summed E-state index contributed by atoms with van der Waals surface area (Å²) in [7, 11) is 0. The van der Waals surface area contributed by atoms with Gasteiger partial charge in [0.05, 0.1) is 24.2 Å². The summed E-state index contributed by atoms with van der Waals surface area (Å²) in [6.07, 6.45) is 4.98. The van der Waals surface area contributed by atoms with Gasteiger partial charge in [-0.1, -0.05) is 13.8 Å². The van der Waals surface area contributed by atoms with Crippen LogP contribution in [-0.2, 0) is 24.6 Å². The van der Waals surface area contributed by atoms with Crippen molar-refractivity contribution in [1.29, 1.82) is 0 Å². The van der Waals surface area contributed by atoms with E-state index in [4.69, 9.17) is 32.0 Å². The Bertz CT molecular complexity index is 375. The average Bonchev–Trinajstić information content (AvgIpc) is 3.07. The van der Waals surface area contributed by atoms with Crippen LogP contribution in [0, 0.1) is 0 Å². The standard InChI is InChI=1S/2C6H8ClNO/c2*1-2-6-8-4-5(3-7)9-6/h2*4H,2-3H2,1H3. The van der Waals surface area contributed by atoms with E-state index in [0.29, 0.717) is 11.8 Å². The number of oxazole rings is 2. The van der Waals surface area contributed by atoms with Crippen LogP contribution < -0.4 is 0 Å². The van der Waals surface area contributed by atoms with Gasteiger partial charge in [-0.3, -0.25) is 0 Å². The van der Waals surface area contributed by atoms with Gasteiger partial charge in [0, 0.05) is 12.8 Å². The Labute approximate surface area is 116 Å². The van der Waals surface area contributed by atoms with E-state index in [1.807, 2.05) is 13.8 Å². The first kappa shape index (κ1) is 15.1. The molecule has 4 nitrogen and oxygen atoms in total. The summed E-state index contributed by atoms with van der Waals surface area (Å²) < 4.78 is 10.3. The van der Waals surface area contributed by atoms with Crippen LogP contribution in [0.5, 0.6) is 0 Å². The largest absolute Gasteiger partial charge is 0.444 e. The molecule has 0 aromatic carbocycles. The van der Waals surface area contributed by atoms with Gasteiger partial charge in [-0.05, 0) is 0 Å². The number of aromatic nitrogens is 2. The fourth-order valence-corrected chi connectivity index (χ4v) is 1.39. The Hall–Kier alpha value is -1.00. The molecule has 0 fully saturated rings. The molecule has 0 spiro atoms. The molecule has 100 valence electrons. The van der Waals surface area contributed by atoms with Crippen molar-refractivity contribution in [2.24, 2.45) is 0 Å². The fourth-order valence-electron chi connectivity index (χ4n) is 1.15. The van der Waals surface area contributed by atoms with Gasteiger partial charge < -0.3 is 8.83 Å². The number of aryl methyl sites for hydroxylation is 2. The van der Waals surface area contributed by atoms with Crippen LogP contribution in [-0.4, -0.2) is 9.97 Å². The van der Waals surface area contributed by atoms with Crippen LogP contribution in [0.4, 0.5) is 0 Å². The molecule has 0 saturated heterocycles. The van der Waals surface area contributed by atoms with Gasteiger partial charge in [0.1, 0.15) is 11.5 Å². The lowest BCUT2D eigenvalue weighted by Crippen LogP contribution is -1.74. The maximum absolute atomic E-state index is 5.46. The zero-order chi connectivity index (χ0) is 13.4. The molecule has 18 heavy (non-hydrogen) atoms. The molecule has 2 aromatic rings. The van der Waals surface area contributed by atoms with E-state index in [-0.39, 0.29) is 0 Å². The lowest BCUT2D eigenvalue weighted by atomic mass is 10.5. The highest BCUT2D eigenvalue weighted by molar-refractivity contribution is 6.17. The second kappa shape index (κ2) is 8.16. The minimum Gasteiger partial charge on any atom is -0.444 e. The zero-order valence-corrected chi connectivity index (χ0v) is 12.0. The first-order valence-corrected chi connectivity index (χ1v) is 6.79. The van der Waals surface area contributed by atoms with Crippen LogP contribution in [0.2, 0.25) is 0 Å². The maximum atomic E-state index is 5.46. The van der Waals surface area contributed by atoms with Gasteiger partial charge in [0.15, 0.2) is 11.8 Å². The predicted octanol–water partition coefficient (Wildman–Crippen LogP) is 3.95. The number of alkyl halides is 2. The molecule has 6 heteroatoms. The molecule has 2 rings (SSSR count). The summed E-state index contributed by atoms with van der Waals surface area (Å²) in [6.45, 7) is 3.98. The van der Waals surface area contributed by atoms with Gasteiger partial charge in [-0.25, -0.2) is 9.97 Å². The van der Waals surface area contributed by atoms with Crippen LogP contribution in [0.3, 0.4) is 0 Å². The highest BCUT2D eigenvalue weighted by Gasteiger charge is 1.98. The fraction of sp³-hybridized carbons (Fsp3) is 0.500. The molecule has 0 aliphatic heterocycles. The quantitative estimate of drug-likeness (QED) is 0.800. The molecule has 2 heterocycles. The van der Waals surface area contributed by atoms with Crippen LogP contribution >= 0.6 is 23.2 Å². The van der Waals surface area contributed by atoms with E-state index in [2.05, 4.69) is 9.97 Å². The van der Waals surface area contributed by atoms with Gasteiger partial charge >= 0.3 is 0 Å². The van der Waals surface area contributed by atoms with E-state index in [1.54, 1.807) is 12.4 Å². The molecule has 0 aliphatic rings. The third-order valence-corrected chi connectivity index (χ3v) is 2.60. The molecule has 0 saturated carbocycles. The van der Waals surface area contributed by atoms with Gasteiger partial charge in [0.2, 0.25) is 0 Å². The maximum Gasteiger partial charge on any atom is 0.194 e. The molecule has 0 atom stereocenters. The lowest BCUT2D eigenvalue weighted by molar-refractivity contribution is 0.473.